The first-order valence-corrected chi connectivity index (χ1v) is 7.34. The topological polar surface area (TPSA) is 58.2 Å². The minimum atomic E-state index is -0.377. The number of benzene rings is 2. The highest BCUT2D eigenvalue weighted by molar-refractivity contribution is 6.33. The third-order valence-corrected chi connectivity index (χ3v) is 3.49. The lowest BCUT2D eigenvalue weighted by atomic mass is 10.1. The van der Waals surface area contributed by atoms with Crippen LogP contribution in [0.2, 0.25) is 0 Å². The molecule has 1 heterocycles. The summed E-state index contributed by atoms with van der Waals surface area (Å²) in [5.74, 6) is -0.669. The number of allylic oxidation sites excluding steroid dienone is 1. The minimum Gasteiger partial charge on any atom is -0.386 e. The van der Waals surface area contributed by atoms with Gasteiger partial charge in [-0.1, -0.05) is 60.7 Å². The van der Waals surface area contributed by atoms with Crippen molar-refractivity contribution in [3.63, 3.8) is 0 Å². The molecule has 0 saturated carbocycles. The molecular formula is C19H16N2O2. The average Bonchev–Trinajstić information content (AvgIpc) is 2.84. The number of hydrogen-bond acceptors (Lipinski definition) is 3. The van der Waals surface area contributed by atoms with Crippen molar-refractivity contribution in [1.82, 2.24) is 10.6 Å². The van der Waals surface area contributed by atoms with Gasteiger partial charge < -0.3 is 10.6 Å². The summed E-state index contributed by atoms with van der Waals surface area (Å²) in [6, 6.07) is 19.2. The third-order valence-electron chi connectivity index (χ3n) is 3.49. The van der Waals surface area contributed by atoms with Gasteiger partial charge in [-0.2, -0.15) is 0 Å². The summed E-state index contributed by atoms with van der Waals surface area (Å²) >= 11 is 0. The Morgan fingerprint density at radius 1 is 0.913 bits per heavy atom. The zero-order chi connectivity index (χ0) is 16.1. The molecule has 4 heteroatoms. The first kappa shape index (κ1) is 14.8. The smallest absolute Gasteiger partial charge is 0.261 e. The molecule has 3 rings (SSSR count). The Labute approximate surface area is 134 Å². The Bertz CT molecular complexity index is 778. The second-order valence-corrected chi connectivity index (χ2v) is 5.18. The van der Waals surface area contributed by atoms with E-state index in [1.165, 1.54) is 6.20 Å². The fraction of sp³-hybridized carbons (Fsp3) is 0.0526. The van der Waals surface area contributed by atoms with Crippen molar-refractivity contribution in [2.75, 3.05) is 0 Å². The maximum absolute atomic E-state index is 12.3. The highest BCUT2D eigenvalue weighted by Crippen LogP contribution is 2.16. The molecule has 23 heavy (non-hydrogen) atoms. The Balaban J connectivity index is 1.71. The van der Waals surface area contributed by atoms with Crippen LogP contribution in [-0.2, 0) is 16.1 Å². The highest BCUT2D eigenvalue weighted by atomic mass is 16.2. The summed E-state index contributed by atoms with van der Waals surface area (Å²) in [5.41, 5.74) is 2.38. The highest BCUT2D eigenvalue weighted by Gasteiger charge is 2.30. The van der Waals surface area contributed by atoms with E-state index in [1.807, 2.05) is 60.7 Å². The van der Waals surface area contributed by atoms with Gasteiger partial charge in [0, 0.05) is 12.7 Å². The molecule has 0 spiro atoms. The van der Waals surface area contributed by atoms with E-state index >= 15 is 0 Å². The second kappa shape index (κ2) is 6.75. The molecule has 2 N–H and O–H groups in total. The van der Waals surface area contributed by atoms with Crippen LogP contribution in [0.3, 0.4) is 0 Å². The molecular weight excluding hydrogens is 288 g/mol. The lowest BCUT2D eigenvalue weighted by Gasteiger charge is -2.01. The zero-order valence-corrected chi connectivity index (χ0v) is 12.5. The number of hydrogen-bond donors (Lipinski definition) is 2. The SMILES string of the molecule is O=C1N/C(=C\c2ccccc2)C(=O)/C1=C\NCc1ccccc1. The number of Topliss-reactive ketones (excluding diaryl/α,β-unsaturated/α-hetero) is 1. The van der Waals surface area contributed by atoms with Crippen LogP contribution < -0.4 is 10.6 Å². The van der Waals surface area contributed by atoms with Crippen molar-refractivity contribution in [2.24, 2.45) is 0 Å². The van der Waals surface area contributed by atoms with E-state index in [9.17, 15) is 9.59 Å². The van der Waals surface area contributed by atoms with Gasteiger partial charge in [-0.25, -0.2) is 0 Å². The molecule has 2 aromatic carbocycles. The molecule has 0 unspecified atom stereocenters. The summed E-state index contributed by atoms with van der Waals surface area (Å²) in [6.45, 7) is 0.558. The zero-order valence-electron chi connectivity index (χ0n) is 12.5. The fourth-order valence-electron chi connectivity index (χ4n) is 2.31. The van der Waals surface area contributed by atoms with Crippen LogP contribution in [0.4, 0.5) is 0 Å². The van der Waals surface area contributed by atoms with E-state index in [4.69, 9.17) is 0 Å². The van der Waals surface area contributed by atoms with Gasteiger partial charge >= 0.3 is 0 Å². The van der Waals surface area contributed by atoms with Crippen molar-refractivity contribution in [2.45, 2.75) is 6.54 Å². The summed E-state index contributed by atoms with van der Waals surface area (Å²) in [5, 5.41) is 5.63. The van der Waals surface area contributed by atoms with Crippen molar-refractivity contribution < 1.29 is 9.59 Å². The van der Waals surface area contributed by atoms with Crippen molar-refractivity contribution >= 4 is 17.8 Å². The van der Waals surface area contributed by atoms with E-state index in [0.29, 0.717) is 12.2 Å². The second-order valence-electron chi connectivity index (χ2n) is 5.18. The lowest BCUT2D eigenvalue weighted by Crippen LogP contribution is -2.15. The first-order chi connectivity index (χ1) is 11.2. The largest absolute Gasteiger partial charge is 0.386 e. The maximum Gasteiger partial charge on any atom is 0.261 e. The Kier molecular flexibility index (Phi) is 4.34. The van der Waals surface area contributed by atoms with Gasteiger partial charge in [0.05, 0.1) is 5.70 Å². The Morgan fingerprint density at radius 2 is 1.57 bits per heavy atom. The van der Waals surface area contributed by atoms with Gasteiger partial charge in [-0.15, -0.1) is 0 Å². The summed E-state index contributed by atoms with van der Waals surface area (Å²) < 4.78 is 0. The van der Waals surface area contributed by atoms with Gasteiger partial charge in [0.2, 0.25) is 5.78 Å². The molecule has 1 amide bonds. The standard InChI is InChI=1S/C19H16N2O2/c22-18-16(13-20-12-15-9-5-2-6-10-15)19(23)21-17(18)11-14-7-3-1-4-8-14/h1-11,13,20H,12H2,(H,21,23)/b16-13+,17-11-. The molecule has 0 radical (unpaired) electrons. The fourth-order valence-corrected chi connectivity index (χ4v) is 2.31. The van der Waals surface area contributed by atoms with Gasteiger partial charge in [0.1, 0.15) is 5.57 Å². The van der Waals surface area contributed by atoms with E-state index in [0.717, 1.165) is 11.1 Å². The van der Waals surface area contributed by atoms with Gasteiger partial charge in [0.15, 0.2) is 0 Å². The summed E-state index contributed by atoms with van der Waals surface area (Å²) in [6.07, 6.45) is 3.16. The molecule has 0 bridgehead atoms. The molecule has 2 aromatic rings. The molecule has 0 aliphatic carbocycles. The normalized spacial score (nSPS) is 17.6. The minimum absolute atomic E-state index is 0.128. The van der Waals surface area contributed by atoms with Crippen LogP contribution in [0.5, 0.6) is 0 Å². The predicted molar refractivity (Wildman–Crippen MR) is 88.9 cm³/mol. The van der Waals surface area contributed by atoms with Gasteiger partial charge in [0.25, 0.3) is 5.91 Å². The quantitative estimate of drug-likeness (QED) is 0.673. The molecule has 4 nitrogen and oxygen atoms in total. The monoisotopic (exact) mass is 304 g/mol. The number of carbonyl (C=O) groups is 2. The molecule has 1 aliphatic heterocycles. The van der Waals surface area contributed by atoms with Gasteiger partial charge in [-0.3, -0.25) is 9.59 Å². The average molecular weight is 304 g/mol. The lowest BCUT2D eigenvalue weighted by molar-refractivity contribution is -0.117. The molecule has 1 aliphatic rings. The van der Waals surface area contributed by atoms with Crippen LogP contribution >= 0.6 is 0 Å². The first-order valence-electron chi connectivity index (χ1n) is 7.34. The number of rotatable bonds is 4. The maximum atomic E-state index is 12.3. The predicted octanol–water partition coefficient (Wildman–Crippen LogP) is 2.40. The van der Waals surface area contributed by atoms with Crippen LogP contribution in [0.1, 0.15) is 11.1 Å². The molecule has 114 valence electrons. The van der Waals surface area contributed by atoms with E-state index in [2.05, 4.69) is 10.6 Å². The van der Waals surface area contributed by atoms with Gasteiger partial charge in [-0.05, 0) is 17.2 Å². The molecule has 1 fully saturated rings. The van der Waals surface area contributed by atoms with E-state index in [-0.39, 0.29) is 17.3 Å². The Morgan fingerprint density at radius 3 is 2.26 bits per heavy atom. The van der Waals surface area contributed by atoms with Crippen LogP contribution in [0.25, 0.3) is 6.08 Å². The van der Waals surface area contributed by atoms with Crippen LogP contribution in [0.15, 0.2) is 78.1 Å². The van der Waals surface area contributed by atoms with Crippen molar-refractivity contribution in [3.8, 4) is 0 Å². The molecule has 1 saturated heterocycles. The van der Waals surface area contributed by atoms with Crippen LogP contribution in [0, 0.1) is 0 Å². The number of nitrogens with one attached hydrogen (secondary N) is 2. The Hall–Kier alpha value is -3.14. The number of ketones is 1. The summed E-state index contributed by atoms with van der Waals surface area (Å²) in [7, 11) is 0. The van der Waals surface area contributed by atoms with Crippen molar-refractivity contribution in [3.05, 3.63) is 89.3 Å². The third kappa shape index (κ3) is 3.55. The van der Waals surface area contributed by atoms with E-state index < -0.39 is 0 Å². The summed E-state index contributed by atoms with van der Waals surface area (Å²) in [4.78, 5) is 24.2. The van der Waals surface area contributed by atoms with Crippen molar-refractivity contribution in [1.29, 1.82) is 0 Å². The molecule has 0 aromatic heterocycles. The number of carbonyl (C=O) groups excluding carboxylic acids is 2. The van der Waals surface area contributed by atoms with Crippen LogP contribution in [-0.4, -0.2) is 11.7 Å². The number of amides is 1. The van der Waals surface area contributed by atoms with E-state index in [1.54, 1.807) is 6.08 Å². The molecule has 0 atom stereocenters.